The zero-order valence-corrected chi connectivity index (χ0v) is 14.5. The fourth-order valence-electron chi connectivity index (χ4n) is 2.39. The number of ether oxygens (including phenoxy) is 1. The first kappa shape index (κ1) is 17.0. The maximum Gasteiger partial charge on any atom is 0.222 e. The average Bonchev–Trinajstić information content (AvgIpc) is 3.28. The highest BCUT2D eigenvalue weighted by Crippen LogP contribution is 2.21. The molecule has 2 aromatic heterocycles. The third-order valence-corrected chi connectivity index (χ3v) is 4.02. The Morgan fingerprint density at radius 2 is 2.16 bits per heavy atom. The molecule has 2 N–H and O–H groups in total. The molecule has 1 aromatic carbocycles. The monoisotopic (exact) mass is 358 g/mol. The van der Waals surface area contributed by atoms with Crippen molar-refractivity contribution in [2.24, 2.45) is 0 Å². The van der Waals surface area contributed by atoms with E-state index in [0.717, 1.165) is 11.3 Å². The van der Waals surface area contributed by atoms with E-state index in [-0.39, 0.29) is 12.3 Å². The van der Waals surface area contributed by atoms with Crippen molar-refractivity contribution in [3.63, 3.8) is 0 Å². The maximum atomic E-state index is 12.0. The second kappa shape index (κ2) is 7.80. The van der Waals surface area contributed by atoms with Gasteiger partial charge in [-0.05, 0) is 48.6 Å². The number of nitrogens with one attached hydrogen (secondary N) is 2. The first-order valence-electron chi connectivity index (χ1n) is 7.76. The second-order valence-electron chi connectivity index (χ2n) is 5.34. The van der Waals surface area contributed by atoms with Crippen LogP contribution in [0.2, 0.25) is 0 Å². The molecule has 0 fully saturated rings. The van der Waals surface area contributed by atoms with E-state index in [1.807, 2.05) is 34.9 Å². The van der Waals surface area contributed by atoms with Gasteiger partial charge in [0.05, 0.1) is 19.9 Å². The standard InChI is InChI=1S/C17H18N4O3S/c1-23-13-6-4-12(5-7-13)16-19-20-17(25)21(16)9-8-15(22)18-11-14-3-2-10-24-14/h2-7,10H,8-9,11H2,1H3,(H,18,22)(H,20,25). The van der Waals surface area contributed by atoms with Gasteiger partial charge in [-0.25, -0.2) is 0 Å². The number of hydrogen-bond acceptors (Lipinski definition) is 5. The molecule has 7 nitrogen and oxygen atoms in total. The van der Waals surface area contributed by atoms with E-state index >= 15 is 0 Å². The molecule has 1 amide bonds. The molecular formula is C17H18N4O3S. The smallest absolute Gasteiger partial charge is 0.222 e. The van der Waals surface area contributed by atoms with Crippen molar-refractivity contribution in [1.82, 2.24) is 20.1 Å². The Balaban J connectivity index is 1.65. The Bertz CT molecular complexity index is 882. The lowest BCUT2D eigenvalue weighted by Crippen LogP contribution is -2.23. The van der Waals surface area contributed by atoms with Crippen LogP contribution in [0, 0.1) is 4.77 Å². The van der Waals surface area contributed by atoms with E-state index in [1.54, 1.807) is 19.4 Å². The third kappa shape index (κ3) is 4.16. The number of aromatic amines is 1. The van der Waals surface area contributed by atoms with Crippen LogP contribution >= 0.6 is 12.2 Å². The Hall–Kier alpha value is -2.87. The molecule has 0 aliphatic heterocycles. The molecule has 8 heteroatoms. The van der Waals surface area contributed by atoms with Gasteiger partial charge in [-0.2, -0.15) is 5.10 Å². The summed E-state index contributed by atoms with van der Waals surface area (Å²) in [6.45, 7) is 0.800. The summed E-state index contributed by atoms with van der Waals surface area (Å²) in [4.78, 5) is 12.0. The van der Waals surface area contributed by atoms with E-state index in [2.05, 4.69) is 15.5 Å². The number of H-pyrrole nitrogens is 1. The lowest BCUT2D eigenvalue weighted by Gasteiger charge is -2.08. The fourth-order valence-corrected chi connectivity index (χ4v) is 2.61. The predicted molar refractivity (Wildman–Crippen MR) is 94.6 cm³/mol. The summed E-state index contributed by atoms with van der Waals surface area (Å²) in [5, 5.41) is 9.86. The minimum atomic E-state index is -0.0832. The number of aromatic nitrogens is 3. The first-order valence-corrected chi connectivity index (χ1v) is 8.17. The molecule has 0 aliphatic rings. The van der Waals surface area contributed by atoms with Crippen molar-refractivity contribution in [3.05, 3.63) is 53.2 Å². The number of rotatable bonds is 7. The molecule has 0 bridgehead atoms. The van der Waals surface area contributed by atoms with Gasteiger partial charge >= 0.3 is 0 Å². The van der Waals surface area contributed by atoms with Gasteiger partial charge in [-0.1, -0.05) is 0 Å². The number of carbonyl (C=O) groups excluding carboxylic acids is 1. The second-order valence-corrected chi connectivity index (χ2v) is 5.73. The van der Waals surface area contributed by atoms with E-state index in [9.17, 15) is 4.79 Å². The highest BCUT2D eigenvalue weighted by atomic mass is 32.1. The van der Waals surface area contributed by atoms with Crippen molar-refractivity contribution in [1.29, 1.82) is 0 Å². The van der Waals surface area contributed by atoms with Crippen LogP contribution in [-0.4, -0.2) is 27.8 Å². The van der Waals surface area contributed by atoms with Crippen LogP contribution in [0.3, 0.4) is 0 Å². The van der Waals surface area contributed by atoms with Crippen molar-refractivity contribution in [2.75, 3.05) is 7.11 Å². The lowest BCUT2D eigenvalue weighted by atomic mass is 10.2. The van der Waals surface area contributed by atoms with Crippen LogP contribution in [0.5, 0.6) is 5.75 Å². The van der Waals surface area contributed by atoms with Gasteiger partial charge in [0.2, 0.25) is 5.91 Å². The molecule has 0 atom stereocenters. The number of furan rings is 1. The normalized spacial score (nSPS) is 10.6. The summed E-state index contributed by atoms with van der Waals surface area (Å²) >= 11 is 5.28. The zero-order chi connectivity index (χ0) is 17.6. The van der Waals surface area contributed by atoms with Gasteiger partial charge in [0.15, 0.2) is 10.6 Å². The van der Waals surface area contributed by atoms with Gasteiger partial charge in [-0.3, -0.25) is 14.5 Å². The van der Waals surface area contributed by atoms with Crippen LogP contribution < -0.4 is 10.1 Å². The summed E-state index contributed by atoms with van der Waals surface area (Å²) in [5.74, 6) is 2.08. The molecule has 0 radical (unpaired) electrons. The Morgan fingerprint density at radius 1 is 1.36 bits per heavy atom. The number of methoxy groups -OCH3 is 1. The SMILES string of the molecule is COc1ccc(-c2n[nH]c(=S)n2CCC(=O)NCc2ccco2)cc1. The van der Waals surface area contributed by atoms with Crippen LogP contribution in [0.1, 0.15) is 12.2 Å². The Kier molecular flexibility index (Phi) is 5.30. The molecule has 130 valence electrons. The van der Waals surface area contributed by atoms with Crippen molar-refractivity contribution < 1.29 is 13.9 Å². The van der Waals surface area contributed by atoms with Crippen molar-refractivity contribution in [3.8, 4) is 17.1 Å². The number of hydrogen-bond donors (Lipinski definition) is 2. The topological polar surface area (TPSA) is 85.1 Å². The highest BCUT2D eigenvalue weighted by molar-refractivity contribution is 7.71. The minimum Gasteiger partial charge on any atom is -0.497 e. The van der Waals surface area contributed by atoms with Crippen molar-refractivity contribution in [2.45, 2.75) is 19.5 Å². The van der Waals surface area contributed by atoms with Crippen LogP contribution in [0.15, 0.2) is 47.1 Å². The summed E-state index contributed by atoms with van der Waals surface area (Å²) in [5.41, 5.74) is 0.893. The largest absolute Gasteiger partial charge is 0.497 e. The van der Waals surface area contributed by atoms with E-state index in [1.165, 1.54) is 0 Å². The molecular weight excluding hydrogens is 340 g/mol. The molecule has 25 heavy (non-hydrogen) atoms. The van der Waals surface area contributed by atoms with Gasteiger partial charge in [0, 0.05) is 18.5 Å². The van der Waals surface area contributed by atoms with E-state index in [4.69, 9.17) is 21.4 Å². The molecule has 2 heterocycles. The van der Waals surface area contributed by atoms with Gasteiger partial charge in [0.1, 0.15) is 11.5 Å². The molecule has 3 aromatic rings. The Labute approximate surface area is 149 Å². The lowest BCUT2D eigenvalue weighted by molar-refractivity contribution is -0.121. The molecule has 0 saturated heterocycles. The fraction of sp³-hybridized carbons (Fsp3) is 0.235. The van der Waals surface area contributed by atoms with Crippen LogP contribution in [0.25, 0.3) is 11.4 Å². The molecule has 0 aliphatic carbocycles. The molecule has 3 rings (SSSR count). The van der Waals surface area contributed by atoms with Gasteiger partial charge in [-0.15, -0.1) is 0 Å². The minimum absolute atomic E-state index is 0.0832. The molecule has 0 spiro atoms. The average molecular weight is 358 g/mol. The first-order chi connectivity index (χ1) is 12.2. The molecule has 0 saturated carbocycles. The third-order valence-electron chi connectivity index (χ3n) is 3.71. The number of nitrogens with zero attached hydrogens (tertiary/aromatic N) is 2. The Morgan fingerprint density at radius 3 is 2.84 bits per heavy atom. The summed E-state index contributed by atoms with van der Waals surface area (Å²) in [6.07, 6.45) is 1.87. The summed E-state index contributed by atoms with van der Waals surface area (Å²) in [6, 6.07) is 11.1. The number of amides is 1. The van der Waals surface area contributed by atoms with Gasteiger partial charge < -0.3 is 14.5 Å². The summed E-state index contributed by atoms with van der Waals surface area (Å²) in [7, 11) is 1.62. The molecule has 0 unspecified atom stereocenters. The predicted octanol–water partition coefficient (Wildman–Crippen LogP) is 2.92. The van der Waals surface area contributed by atoms with Gasteiger partial charge in [0.25, 0.3) is 0 Å². The van der Waals surface area contributed by atoms with Crippen LogP contribution in [0.4, 0.5) is 0 Å². The highest BCUT2D eigenvalue weighted by Gasteiger charge is 2.11. The maximum absolute atomic E-state index is 12.0. The number of carbonyl (C=O) groups is 1. The zero-order valence-electron chi connectivity index (χ0n) is 13.7. The van der Waals surface area contributed by atoms with Crippen molar-refractivity contribution >= 4 is 18.1 Å². The van der Waals surface area contributed by atoms with E-state index in [0.29, 0.717) is 29.4 Å². The number of benzene rings is 1. The quantitative estimate of drug-likeness (QED) is 0.634. The summed E-state index contributed by atoms with van der Waals surface area (Å²) < 4.78 is 12.6. The van der Waals surface area contributed by atoms with E-state index < -0.39 is 0 Å². The van der Waals surface area contributed by atoms with Crippen LogP contribution in [-0.2, 0) is 17.9 Å².